The van der Waals surface area contributed by atoms with Gasteiger partial charge in [0.1, 0.15) is 12.6 Å². The Morgan fingerprint density at radius 2 is 1.79 bits per heavy atom. The summed E-state index contributed by atoms with van der Waals surface area (Å²) >= 11 is 17.8. The SMILES string of the molecule is CCCOC(=O)C1=C(C)Nc2nc(SCc3ccccc3Cl)nn2C1c1cc(Br)c(OCc2ccccc2Cl)c(OC)c1. The minimum Gasteiger partial charge on any atom is -0.493 e. The molecule has 0 saturated heterocycles. The van der Waals surface area contributed by atoms with Gasteiger partial charge in [0, 0.05) is 27.1 Å². The highest BCUT2D eigenvalue weighted by atomic mass is 79.9. The summed E-state index contributed by atoms with van der Waals surface area (Å²) in [5.41, 5.74) is 3.60. The molecular formula is C31H29BrCl2N4O4S. The molecule has 0 bridgehead atoms. The molecule has 43 heavy (non-hydrogen) atoms. The van der Waals surface area contributed by atoms with Gasteiger partial charge in [0.25, 0.3) is 0 Å². The topological polar surface area (TPSA) is 87.5 Å². The molecule has 0 radical (unpaired) electrons. The van der Waals surface area contributed by atoms with Crippen LogP contribution in [0.25, 0.3) is 0 Å². The van der Waals surface area contributed by atoms with Crippen LogP contribution in [0.15, 0.2) is 81.6 Å². The number of rotatable bonds is 11. The van der Waals surface area contributed by atoms with E-state index in [2.05, 4.69) is 21.2 Å². The maximum absolute atomic E-state index is 13.4. The van der Waals surface area contributed by atoms with Crippen molar-refractivity contribution in [3.05, 3.63) is 103 Å². The van der Waals surface area contributed by atoms with E-state index in [4.69, 9.17) is 47.5 Å². The number of hydrogen-bond acceptors (Lipinski definition) is 8. The van der Waals surface area contributed by atoms with E-state index >= 15 is 0 Å². The Morgan fingerprint density at radius 3 is 2.47 bits per heavy atom. The molecule has 1 aromatic heterocycles. The molecule has 0 aliphatic carbocycles. The third-order valence-electron chi connectivity index (χ3n) is 6.70. The minimum absolute atomic E-state index is 0.244. The number of aromatic nitrogens is 3. The average Bonchev–Trinajstić information content (AvgIpc) is 3.40. The summed E-state index contributed by atoms with van der Waals surface area (Å²) in [6, 6.07) is 18.2. The summed E-state index contributed by atoms with van der Waals surface area (Å²) in [6.07, 6.45) is 0.699. The summed E-state index contributed by atoms with van der Waals surface area (Å²) in [5, 5.41) is 9.89. The lowest BCUT2D eigenvalue weighted by Crippen LogP contribution is -2.30. The highest BCUT2D eigenvalue weighted by Crippen LogP contribution is 2.44. The highest BCUT2D eigenvalue weighted by Gasteiger charge is 2.36. The smallest absolute Gasteiger partial charge is 0.338 e. The van der Waals surface area contributed by atoms with Gasteiger partial charge in [0.05, 0.1) is 23.8 Å². The lowest BCUT2D eigenvalue weighted by Gasteiger charge is -2.28. The van der Waals surface area contributed by atoms with Crippen LogP contribution in [0.3, 0.4) is 0 Å². The van der Waals surface area contributed by atoms with E-state index in [9.17, 15) is 4.79 Å². The Balaban J connectivity index is 1.52. The number of allylic oxidation sites excluding steroid dienone is 1. The second kappa shape index (κ2) is 14.1. The van der Waals surface area contributed by atoms with Crippen LogP contribution in [0.5, 0.6) is 11.5 Å². The molecule has 0 spiro atoms. The second-order valence-electron chi connectivity index (χ2n) is 9.66. The van der Waals surface area contributed by atoms with Gasteiger partial charge < -0.3 is 19.5 Å². The number of nitrogens with one attached hydrogen (secondary N) is 1. The third-order valence-corrected chi connectivity index (χ3v) is 8.92. The van der Waals surface area contributed by atoms with Crippen molar-refractivity contribution < 1.29 is 19.0 Å². The predicted molar refractivity (Wildman–Crippen MR) is 173 cm³/mol. The lowest BCUT2D eigenvalue weighted by atomic mass is 9.95. The number of methoxy groups -OCH3 is 1. The van der Waals surface area contributed by atoms with Crippen molar-refractivity contribution in [1.82, 2.24) is 14.8 Å². The molecule has 8 nitrogen and oxygen atoms in total. The second-order valence-corrected chi connectivity index (χ2v) is 12.3. The minimum atomic E-state index is -0.648. The molecule has 2 heterocycles. The van der Waals surface area contributed by atoms with Crippen LogP contribution in [-0.4, -0.2) is 34.5 Å². The number of carbonyl (C=O) groups excluding carboxylic acids is 1. The molecule has 12 heteroatoms. The molecule has 0 fully saturated rings. The van der Waals surface area contributed by atoms with Crippen LogP contribution < -0.4 is 14.8 Å². The van der Waals surface area contributed by atoms with Gasteiger partial charge in [0.2, 0.25) is 11.1 Å². The first-order valence-electron chi connectivity index (χ1n) is 13.5. The molecule has 1 atom stereocenters. The van der Waals surface area contributed by atoms with Crippen LogP contribution in [0.1, 0.15) is 43.0 Å². The van der Waals surface area contributed by atoms with Gasteiger partial charge in [-0.3, -0.25) is 0 Å². The molecule has 5 rings (SSSR count). The monoisotopic (exact) mass is 702 g/mol. The summed E-state index contributed by atoms with van der Waals surface area (Å²) < 4.78 is 19.9. The van der Waals surface area contributed by atoms with Gasteiger partial charge in [-0.15, -0.1) is 5.10 Å². The summed E-state index contributed by atoms with van der Waals surface area (Å²) in [5.74, 6) is 1.64. The first kappa shape index (κ1) is 31.3. The molecule has 1 unspecified atom stereocenters. The fourth-order valence-corrected chi connectivity index (χ4v) is 6.48. The number of carbonyl (C=O) groups is 1. The molecule has 4 aromatic rings. The van der Waals surface area contributed by atoms with E-state index in [1.807, 2.05) is 74.5 Å². The molecule has 0 amide bonds. The number of anilines is 1. The molecular weight excluding hydrogens is 675 g/mol. The van der Waals surface area contributed by atoms with Crippen molar-refractivity contribution >= 4 is 62.8 Å². The first-order valence-corrected chi connectivity index (χ1v) is 16.0. The predicted octanol–water partition coefficient (Wildman–Crippen LogP) is 8.47. The summed E-state index contributed by atoms with van der Waals surface area (Å²) in [7, 11) is 1.57. The number of fused-ring (bicyclic) bond motifs is 1. The molecule has 3 aromatic carbocycles. The van der Waals surface area contributed by atoms with E-state index < -0.39 is 12.0 Å². The number of hydrogen-bond donors (Lipinski definition) is 1. The summed E-state index contributed by atoms with van der Waals surface area (Å²) in [4.78, 5) is 18.2. The van der Waals surface area contributed by atoms with Crippen LogP contribution in [0.4, 0.5) is 5.95 Å². The zero-order chi connectivity index (χ0) is 30.5. The van der Waals surface area contributed by atoms with Crippen molar-refractivity contribution in [2.24, 2.45) is 0 Å². The number of esters is 1. The van der Waals surface area contributed by atoms with Crippen LogP contribution in [-0.2, 0) is 21.9 Å². The van der Waals surface area contributed by atoms with Crippen molar-refractivity contribution in [1.29, 1.82) is 0 Å². The van der Waals surface area contributed by atoms with Crippen LogP contribution >= 0.6 is 50.9 Å². The van der Waals surface area contributed by atoms with E-state index in [1.165, 1.54) is 11.8 Å². The Morgan fingerprint density at radius 1 is 1.09 bits per heavy atom. The van der Waals surface area contributed by atoms with E-state index in [1.54, 1.807) is 11.8 Å². The maximum Gasteiger partial charge on any atom is 0.338 e. The zero-order valence-corrected chi connectivity index (χ0v) is 27.6. The van der Waals surface area contributed by atoms with Gasteiger partial charge in [-0.1, -0.05) is 78.3 Å². The Hall–Kier alpha value is -3.18. The van der Waals surface area contributed by atoms with Gasteiger partial charge in [-0.05, 0) is 64.7 Å². The standard InChI is InChI=1S/C31H29BrCl2N4O4S/c1-4-13-41-29(39)26-18(2)35-30-36-31(43-17-20-10-6-8-12-24(20)34)37-38(30)27(26)21-14-22(32)28(25(15-21)40-3)42-16-19-9-5-7-11-23(19)33/h5-12,14-15,27H,4,13,16-17H2,1-3H3,(H,35,36,37). The van der Waals surface area contributed by atoms with E-state index in [0.717, 1.165) is 16.7 Å². The zero-order valence-electron chi connectivity index (χ0n) is 23.7. The summed E-state index contributed by atoms with van der Waals surface area (Å²) in [6.45, 7) is 4.32. The third kappa shape index (κ3) is 6.98. The number of thioether (sulfide) groups is 1. The highest BCUT2D eigenvalue weighted by molar-refractivity contribution is 9.10. The van der Waals surface area contributed by atoms with Gasteiger partial charge in [-0.2, -0.15) is 4.98 Å². The quantitative estimate of drug-likeness (QED) is 0.123. The van der Waals surface area contributed by atoms with Crippen molar-refractivity contribution in [3.63, 3.8) is 0 Å². The molecule has 1 N–H and O–H groups in total. The number of halogens is 3. The fourth-order valence-electron chi connectivity index (χ4n) is 4.60. The Labute approximate surface area is 272 Å². The molecule has 224 valence electrons. The lowest BCUT2D eigenvalue weighted by molar-refractivity contribution is -0.139. The van der Waals surface area contributed by atoms with Gasteiger partial charge in [-0.25, -0.2) is 9.48 Å². The average molecular weight is 704 g/mol. The van der Waals surface area contributed by atoms with Crippen molar-refractivity contribution in [3.8, 4) is 11.5 Å². The molecule has 1 aliphatic heterocycles. The number of nitrogens with zero attached hydrogens (tertiary/aromatic N) is 3. The molecule has 0 saturated carbocycles. The molecule has 1 aliphatic rings. The number of benzene rings is 3. The largest absolute Gasteiger partial charge is 0.493 e. The van der Waals surface area contributed by atoms with Crippen LogP contribution in [0.2, 0.25) is 10.0 Å². The van der Waals surface area contributed by atoms with Gasteiger partial charge >= 0.3 is 5.97 Å². The first-order chi connectivity index (χ1) is 20.8. The van der Waals surface area contributed by atoms with Crippen molar-refractivity contribution in [2.75, 3.05) is 19.0 Å². The van der Waals surface area contributed by atoms with E-state index in [0.29, 0.717) is 67.2 Å². The Kier molecular flexibility index (Phi) is 10.2. The Bertz CT molecular complexity index is 1680. The van der Waals surface area contributed by atoms with Crippen LogP contribution in [0, 0.1) is 0 Å². The number of ether oxygens (including phenoxy) is 3. The maximum atomic E-state index is 13.4. The van der Waals surface area contributed by atoms with Gasteiger partial charge in [0.15, 0.2) is 11.5 Å². The normalized spacial score (nSPS) is 14.2. The fraction of sp³-hybridized carbons (Fsp3) is 0.258. The van der Waals surface area contributed by atoms with E-state index in [-0.39, 0.29) is 6.61 Å². The van der Waals surface area contributed by atoms with Crippen molar-refractivity contribution in [2.45, 2.75) is 43.8 Å².